The second-order valence-corrected chi connectivity index (χ2v) is 10.1. The summed E-state index contributed by atoms with van der Waals surface area (Å²) in [4.78, 5) is 34.0. The maximum absolute atomic E-state index is 13.3. The Balaban J connectivity index is 1.40. The fourth-order valence-corrected chi connectivity index (χ4v) is 5.71. The molecule has 1 unspecified atom stereocenters. The molecule has 3 aliphatic rings. The molecule has 2 aromatic rings. The lowest BCUT2D eigenvalue weighted by molar-refractivity contribution is -0.147. The summed E-state index contributed by atoms with van der Waals surface area (Å²) in [6.07, 6.45) is 1.07. The molecule has 1 atom stereocenters. The minimum Gasteiger partial charge on any atom is -0.446 e. The molecule has 188 valence electrons. The highest BCUT2D eigenvalue weighted by molar-refractivity contribution is 6.07. The number of anilines is 1. The molecule has 0 bridgehead atoms. The van der Waals surface area contributed by atoms with Crippen LogP contribution < -0.4 is 4.90 Å². The Labute approximate surface area is 204 Å². The SMILES string of the molecule is CC(C)OC(=O)N1CC2(CN(Cc3nc4c(n3CCCC(F)F)CCCC4)c3ccccc32)C1=O. The Bertz CT molecular complexity index is 1130. The predicted octanol–water partition coefficient (Wildman–Crippen LogP) is 4.45. The first-order valence-electron chi connectivity index (χ1n) is 12.5. The van der Waals surface area contributed by atoms with Crippen LogP contribution in [0.4, 0.5) is 19.3 Å². The second-order valence-electron chi connectivity index (χ2n) is 10.1. The topological polar surface area (TPSA) is 67.7 Å². The molecular weight excluding hydrogens is 454 g/mol. The molecule has 2 amide bonds. The Morgan fingerprint density at radius 3 is 2.69 bits per heavy atom. The van der Waals surface area contributed by atoms with Gasteiger partial charge in [0.1, 0.15) is 11.2 Å². The molecule has 0 radical (unpaired) electrons. The Kier molecular flexibility index (Phi) is 6.27. The minimum absolute atomic E-state index is 0.126. The number of carbonyl (C=O) groups excluding carboxylic acids is 2. The molecule has 7 nitrogen and oxygen atoms in total. The van der Waals surface area contributed by atoms with Crippen molar-refractivity contribution >= 4 is 17.7 Å². The van der Waals surface area contributed by atoms with Crippen LogP contribution in [0.2, 0.25) is 0 Å². The number of imidazole rings is 1. The summed E-state index contributed by atoms with van der Waals surface area (Å²) in [5, 5.41) is 0. The number of amides is 2. The van der Waals surface area contributed by atoms with Gasteiger partial charge in [-0.05, 0) is 57.6 Å². The normalized spacial score (nSPS) is 21.0. The van der Waals surface area contributed by atoms with Crippen molar-refractivity contribution in [1.29, 1.82) is 0 Å². The van der Waals surface area contributed by atoms with Crippen molar-refractivity contribution in [3.63, 3.8) is 0 Å². The van der Waals surface area contributed by atoms with Gasteiger partial charge in [0.05, 0.1) is 24.9 Å². The van der Waals surface area contributed by atoms with Gasteiger partial charge in [0, 0.05) is 30.9 Å². The summed E-state index contributed by atoms with van der Waals surface area (Å²) in [7, 11) is 0. The zero-order chi connectivity index (χ0) is 24.7. The van der Waals surface area contributed by atoms with Crippen molar-refractivity contribution in [2.24, 2.45) is 0 Å². The number of carbonyl (C=O) groups is 2. The number of benzene rings is 1. The van der Waals surface area contributed by atoms with Crippen molar-refractivity contribution in [2.45, 2.75) is 83.4 Å². The van der Waals surface area contributed by atoms with Gasteiger partial charge < -0.3 is 14.2 Å². The summed E-state index contributed by atoms with van der Waals surface area (Å²) in [5.41, 5.74) is 3.34. The van der Waals surface area contributed by atoms with Crippen LogP contribution in [0.5, 0.6) is 0 Å². The zero-order valence-electron chi connectivity index (χ0n) is 20.3. The number of aryl methyl sites for hydroxylation is 1. The molecule has 0 N–H and O–H groups in total. The molecule has 1 spiro atoms. The molecule has 1 aromatic carbocycles. The number of likely N-dealkylation sites (tertiary alicyclic amines) is 1. The van der Waals surface area contributed by atoms with Crippen LogP contribution in [0.3, 0.4) is 0 Å². The lowest BCUT2D eigenvalue weighted by atomic mass is 9.74. The largest absolute Gasteiger partial charge is 0.446 e. The van der Waals surface area contributed by atoms with E-state index in [0.29, 0.717) is 26.1 Å². The van der Waals surface area contributed by atoms with E-state index in [2.05, 4.69) is 9.47 Å². The summed E-state index contributed by atoms with van der Waals surface area (Å²) >= 11 is 0. The molecule has 1 fully saturated rings. The predicted molar refractivity (Wildman–Crippen MR) is 127 cm³/mol. The smallest absolute Gasteiger partial charge is 0.416 e. The van der Waals surface area contributed by atoms with E-state index >= 15 is 0 Å². The van der Waals surface area contributed by atoms with Gasteiger partial charge in [-0.1, -0.05) is 18.2 Å². The van der Waals surface area contributed by atoms with E-state index in [9.17, 15) is 18.4 Å². The number of nitrogens with zero attached hydrogens (tertiary/aromatic N) is 4. The molecule has 2 aliphatic heterocycles. The van der Waals surface area contributed by atoms with Gasteiger partial charge in [-0.2, -0.15) is 0 Å². The first kappa shape index (κ1) is 23.8. The van der Waals surface area contributed by atoms with Gasteiger partial charge in [0.2, 0.25) is 12.3 Å². The molecule has 3 heterocycles. The highest BCUT2D eigenvalue weighted by atomic mass is 19.3. The molecule has 35 heavy (non-hydrogen) atoms. The Morgan fingerprint density at radius 1 is 1.17 bits per heavy atom. The van der Waals surface area contributed by atoms with Gasteiger partial charge in [0.15, 0.2) is 0 Å². The maximum atomic E-state index is 13.3. The first-order chi connectivity index (χ1) is 16.8. The average molecular weight is 487 g/mol. The van der Waals surface area contributed by atoms with Crippen LogP contribution >= 0.6 is 0 Å². The number of hydrogen-bond acceptors (Lipinski definition) is 5. The number of β-lactam (4-membered cyclic amide) rings is 1. The summed E-state index contributed by atoms with van der Waals surface area (Å²) < 4.78 is 33.0. The first-order valence-corrected chi connectivity index (χ1v) is 12.5. The number of fused-ring (bicyclic) bond motifs is 3. The van der Waals surface area contributed by atoms with Gasteiger partial charge in [-0.3, -0.25) is 4.79 Å². The number of rotatable bonds is 7. The number of aromatic nitrogens is 2. The fraction of sp³-hybridized carbons (Fsp3) is 0.577. The molecular formula is C26H32F2N4O3. The second kappa shape index (κ2) is 9.24. The quantitative estimate of drug-likeness (QED) is 0.541. The minimum atomic E-state index is -2.31. The third kappa shape index (κ3) is 4.19. The van der Waals surface area contributed by atoms with E-state index in [4.69, 9.17) is 9.72 Å². The van der Waals surface area contributed by atoms with E-state index in [-0.39, 0.29) is 25.0 Å². The molecule has 1 saturated heterocycles. The number of alkyl halides is 2. The van der Waals surface area contributed by atoms with Crippen molar-refractivity contribution in [3.8, 4) is 0 Å². The number of hydrogen-bond donors (Lipinski definition) is 0. The van der Waals surface area contributed by atoms with Crippen molar-refractivity contribution in [1.82, 2.24) is 14.5 Å². The van der Waals surface area contributed by atoms with Gasteiger partial charge in [-0.15, -0.1) is 0 Å². The fourth-order valence-electron chi connectivity index (χ4n) is 5.71. The zero-order valence-corrected chi connectivity index (χ0v) is 20.3. The van der Waals surface area contributed by atoms with E-state index in [0.717, 1.165) is 48.5 Å². The van der Waals surface area contributed by atoms with Gasteiger partial charge >= 0.3 is 6.09 Å². The van der Waals surface area contributed by atoms with Crippen LogP contribution in [-0.4, -0.2) is 52.1 Å². The molecule has 0 saturated carbocycles. The lowest BCUT2D eigenvalue weighted by Gasteiger charge is -2.45. The standard InChI is InChI=1S/C26H32F2N4O3/c1-17(2)35-25(34)32-16-26(24(32)33)15-30(20-10-5-3-8-18(20)26)14-23-29-19-9-4-6-11-21(19)31(23)13-7-12-22(27)28/h3,5,8,10,17,22H,4,6-7,9,11-16H2,1-2H3. The van der Waals surface area contributed by atoms with Crippen LogP contribution in [0.1, 0.15) is 62.3 Å². The Morgan fingerprint density at radius 2 is 1.94 bits per heavy atom. The molecule has 1 aliphatic carbocycles. The average Bonchev–Trinajstić information content (AvgIpc) is 3.34. The van der Waals surface area contributed by atoms with E-state index in [1.54, 1.807) is 13.8 Å². The highest BCUT2D eigenvalue weighted by Gasteiger charge is 2.61. The van der Waals surface area contributed by atoms with Crippen molar-refractivity contribution < 1.29 is 23.1 Å². The Hall–Kier alpha value is -2.97. The molecule has 1 aromatic heterocycles. The summed E-state index contributed by atoms with van der Waals surface area (Å²) in [6, 6.07) is 7.81. The number of halogens is 2. The van der Waals surface area contributed by atoms with Crippen LogP contribution in [0.25, 0.3) is 0 Å². The highest BCUT2D eigenvalue weighted by Crippen LogP contribution is 2.48. The van der Waals surface area contributed by atoms with E-state index < -0.39 is 17.9 Å². The molecule has 9 heteroatoms. The number of imide groups is 1. The maximum Gasteiger partial charge on any atom is 0.416 e. The van der Waals surface area contributed by atoms with Crippen molar-refractivity contribution in [2.75, 3.05) is 18.0 Å². The van der Waals surface area contributed by atoms with Gasteiger partial charge in [0.25, 0.3) is 0 Å². The third-order valence-corrected chi connectivity index (χ3v) is 7.31. The molecule has 5 rings (SSSR count). The van der Waals surface area contributed by atoms with E-state index in [1.807, 2.05) is 24.3 Å². The van der Waals surface area contributed by atoms with Gasteiger partial charge in [-0.25, -0.2) is 23.5 Å². The van der Waals surface area contributed by atoms with Crippen LogP contribution in [-0.2, 0) is 40.9 Å². The van der Waals surface area contributed by atoms with Crippen molar-refractivity contribution in [3.05, 3.63) is 47.0 Å². The summed E-state index contributed by atoms with van der Waals surface area (Å²) in [5.74, 6) is 0.624. The number of ether oxygens (including phenoxy) is 1. The van der Waals surface area contributed by atoms with Crippen LogP contribution in [0, 0.1) is 0 Å². The number of para-hydroxylation sites is 1. The monoisotopic (exact) mass is 486 g/mol. The third-order valence-electron chi connectivity index (χ3n) is 7.31. The van der Waals surface area contributed by atoms with Crippen LogP contribution in [0.15, 0.2) is 24.3 Å². The van der Waals surface area contributed by atoms with E-state index in [1.165, 1.54) is 10.6 Å². The lowest BCUT2D eigenvalue weighted by Crippen LogP contribution is -2.67. The summed E-state index contributed by atoms with van der Waals surface area (Å²) in [6.45, 7) is 5.26.